The molecule has 3 N–H and O–H groups in total. The monoisotopic (exact) mass is 298 g/mol. The Balaban J connectivity index is 2.46. The molecule has 0 atom stereocenters. The van der Waals surface area contributed by atoms with Gasteiger partial charge in [0.2, 0.25) is 0 Å². The van der Waals surface area contributed by atoms with Crippen LogP contribution < -0.4 is 10.5 Å². The van der Waals surface area contributed by atoms with Gasteiger partial charge in [-0.15, -0.1) is 0 Å². The standard InChI is InChI=1S/C13H12F2N2O2S/c1-8-2-3-9(14)6-13(8)20(18,19)17-12-7-10(16)4-5-11(12)15/h2-7,17H,16H2,1H3. The summed E-state index contributed by atoms with van der Waals surface area (Å²) in [7, 11) is -4.09. The van der Waals surface area contributed by atoms with Crippen molar-refractivity contribution in [3.05, 3.63) is 53.6 Å². The molecule has 0 aliphatic rings. The molecule has 0 unspecified atom stereocenters. The van der Waals surface area contributed by atoms with Crippen molar-refractivity contribution in [2.24, 2.45) is 0 Å². The fourth-order valence-corrected chi connectivity index (χ4v) is 3.00. The van der Waals surface area contributed by atoms with Crippen molar-refractivity contribution in [2.75, 3.05) is 10.5 Å². The Morgan fingerprint density at radius 2 is 1.80 bits per heavy atom. The summed E-state index contributed by atoms with van der Waals surface area (Å²) in [6.45, 7) is 1.52. The van der Waals surface area contributed by atoms with Gasteiger partial charge in [-0.3, -0.25) is 4.72 Å². The molecule has 0 aliphatic heterocycles. The zero-order valence-electron chi connectivity index (χ0n) is 10.5. The van der Waals surface area contributed by atoms with E-state index in [-0.39, 0.29) is 16.3 Å². The molecule has 0 spiro atoms. The first-order valence-electron chi connectivity index (χ1n) is 5.63. The molecule has 0 bridgehead atoms. The predicted molar refractivity (Wildman–Crippen MR) is 72.8 cm³/mol. The Hall–Kier alpha value is -2.15. The molecule has 0 saturated carbocycles. The zero-order valence-corrected chi connectivity index (χ0v) is 11.3. The second-order valence-corrected chi connectivity index (χ2v) is 5.91. The fourth-order valence-electron chi connectivity index (χ4n) is 1.68. The van der Waals surface area contributed by atoms with E-state index in [0.29, 0.717) is 5.56 Å². The van der Waals surface area contributed by atoms with Gasteiger partial charge in [0.25, 0.3) is 10.0 Å². The molecule has 0 heterocycles. The maximum Gasteiger partial charge on any atom is 0.262 e. The van der Waals surface area contributed by atoms with Gasteiger partial charge >= 0.3 is 0 Å². The van der Waals surface area contributed by atoms with Crippen LogP contribution in [0.1, 0.15) is 5.56 Å². The summed E-state index contributed by atoms with van der Waals surface area (Å²) >= 11 is 0. The molecule has 2 aromatic rings. The van der Waals surface area contributed by atoms with Crippen LogP contribution in [0.25, 0.3) is 0 Å². The van der Waals surface area contributed by atoms with E-state index in [1.807, 2.05) is 0 Å². The topological polar surface area (TPSA) is 72.2 Å². The smallest absolute Gasteiger partial charge is 0.262 e. The Morgan fingerprint density at radius 3 is 2.50 bits per heavy atom. The fraction of sp³-hybridized carbons (Fsp3) is 0.0769. The van der Waals surface area contributed by atoms with E-state index in [9.17, 15) is 17.2 Å². The van der Waals surface area contributed by atoms with Gasteiger partial charge in [0.05, 0.1) is 10.6 Å². The highest BCUT2D eigenvalue weighted by Gasteiger charge is 2.19. The lowest BCUT2D eigenvalue weighted by Gasteiger charge is -2.11. The van der Waals surface area contributed by atoms with Gasteiger partial charge in [-0.05, 0) is 42.8 Å². The number of sulfonamides is 1. The molecule has 0 amide bonds. The minimum atomic E-state index is -4.09. The first-order valence-corrected chi connectivity index (χ1v) is 7.12. The van der Waals surface area contributed by atoms with Crippen LogP contribution in [0.15, 0.2) is 41.3 Å². The lowest BCUT2D eigenvalue weighted by atomic mass is 10.2. The average Bonchev–Trinajstić information content (AvgIpc) is 2.36. The third-order valence-electron chi connectivity index (χ3n) is 2.67. The lowest BCUT2D eigenvalue weighted by molar-refractivity contribution is 0.592. The third kappa shape index (κ3) is 2.88. The van der Waals surface area contributed by atoms with Crippen LogP contribution in [-0.2, 0) is 10.0 Å². The van der Waals surface area contributed by atoms with Crippen molar-refractivity contribution in [1.29, 1.82) is 0 Å². The van der Waals surface area contributed by atoms with Crippen LogP contribution in [0, 0.1) is 18.6 Å². The van der Waals surface area contributed by atoms with Crippen molar-refractivity contribution in [3.8, 4) is 0 Å². The van der Waals surface area contributed by atoms with E-state index >= 15 is 0 Å². The number of benzene rings is 2. The number of anilines is 2. The number of hydrogen-bond donors (Lipinski definition) is 2. The normalized spacial score (nSPS) is 11.3. The Morgan fingerprint density at radius 1 is 1.10 bits per heavy atom. The highest BCUT2D eigenvalue weighted by atomic mass is 32.2. The second kappa shape index (κ2) is 5.09. The van der Waals surface area contributed by atoms with Crippen LogP contribution in [0.2, 0.25) is 0 Å². The van der Waals surface area contributed by atoms with Gasteiger partial charge in [0.1, 0.15) is 11.6 Å². The largest absolute Gasteiger partial charge is 0.399 e. The van der Waals surface area contributed by atoms with E-state index in [1.54, 1.807) is 0 Å². The summed E-state index contributed by atoms with van der Waals surface area (Å²) in [5.41, 5.74) is 5.75. The summed E-state index contributed by atoms with van der Waals surface area (Å²) in [5, 5.41) is 0. The van der Waals surface area contributed by atoms with Crippen LogP contribution in [0.4, 0.5) is 20.2 Å². The zero-order chi connectivity index (χ0) is 14.9. The van der Waals surface area contributed by atoms with E-state index in [2.05, 4.69) is 4.72 Å². The predicted octanol–water partition coefficient (Wildman–Crippen LogP) is 2.66. The van der Waals surface area contributed by atoms with Gasteiger partial charge in [0.15, 0.2) is 0 Å². The van der Waals surface area contributed by atoms with E-state index in [1.165, 1.54) is 19.1 Å². The van der Waals surface area contributed by atoms with Crippen LogP contribution >= 0.6 is 0 Å². The second-order valence-electron chi connectivity index (χ2n) is 4.25. The lowest BCUT2D eigenvalue weighted by Crippen LogP contribution is -2.15. The van der Waals surface area contributed by atoms with Crippen molar-refractivity contribution in [3.63, 3.8) is 0 Å². The summed E-state index contributed by atoms with van der Waals surface area (Å²) in [6, 6.07) is 6.87. The minimum Gasteiger partial charge on any atom is -0.399 e. The van der Waals surface area contributed by atoms with Crippen LogP contribution in [0.5, 0.6) is 0 Å². The Bertz CT molecular complexity index is 761. The molecule has 106 valence electrons. The highest BCUT2D eigenvalue weighted by Crippen LogP contribution is 2.23. The third-order valence-corrected chi connectivity index (χ3v) is 4.18. The summed E-state index contributed by atoms with van der Waals surface area (Å²) < 4.78 is 53.1. The van der Waals surface area contributed by atoms with Crippen molar-refractivity contribution in [1.82, 2.24) is 0 Å². The molecule has 0 saturated heterocycles. The van der Waals surface area contributed by atoms with Crippen molar-refractivity contribution < 1.29 is 17.2 Å². The molecule has 20 heavy (non-hydrogen) atoms. The molecule has 0 aromatic heterocycles. The molecule has 2 rings (SSSR count). The molecule has 0 fully saturated rings. The number of rotatable bonds is 3. The molecular weight excluding hydrogens is 286 g/mol. The maximum absolute atomic E-state index is 13.5. The number of aryl methyl sites for hydroxylation is 1. The number of halogens is 2. The van der Waals surface area contributed by atoms with Gasteiger partial charge in [-0.2, -0.15) is 0 Å². The van der Waals surface area contributed by atoms with E-state index in [0.717, 1.165) is 24.3 Å². The number of nitrogen functional groups attached to an aromatic ring is 1. The Kier molecular flexibility index (Phi) is 3.63. The Labute approximate surface area is 115 Å². The quantitative estimate of drug-likeness (QED) is 0.856. The van der Waals surface area contributed by atoms with Crippen LogP contribution in [-0.4, -0.2) is 8.42 Å². The molecule has 0 radical (unpaired) electrons. The summed E-state index contributed by atoms with van der Waals surface area (Å²) in [6.07, 6.45) is 0. The summed E-state index contributed by atoms with van der Waals surface area (Å²) in [4.78, 5) is -0.251. The average molecular weight is 298 g/mol. The SMILES string of the molecule is Cc1ccc(F)cc1S(=O)(=O)Nc1cc(N)ccc1F. The van der Waals surface area contributed by atoms with E-state index in [4.69, 9.17) is 5.73 Å². The maximum atomic E-state index is 13.5. The van der Waals surface area contributed by atoms with Crippen molar-refractivity contribution in [2.45, 2.75) is 11.8 Å². The molecular formula is C13H12F2N2O2S. The molecule has 0 aliphatic carbocycles. The van der Waals surface area contributed by atoms with Gasteiger partial charge in [-0.1, -0.05) is 6.07 Å². The molecule has 4 nitrogen and oxygen atoms in total. The van der Waals surface area contributed by atoms with Crippen LogP contribution in [0.3, 0.4) is 0 Å². The number of nitrogens with two attached hydrogens (primary N) is 1. The first kappa shape index (κ1) is 14.3. The highest BCUT2D eigenvalue weighted by molar-refractivity contribution is 7.92. The summed E-state index contributed by atoms with van der Waals surface area (Å²) in [5.74, 6) is -1.46. The number of nitrogens with one attached hydrogen (secondary N) is 1. The van der Waals surface area contributed by atoms with Gasteiger partial charge in [-0.25, -0.2) is 17.2 Å². The van der Waals surface area contributed by atoms with Gasteiger partial charge in [0, 0.05) is 5.69 Å². The minimum absolute atomic E-state index is 0.208. The molecule has 7 heteroatoms. The number of hydrogen-bond acceptors (Lipinski definition) is 3. The first-order chi connectivity index (χ1) is 9.29. The van der Waals surface area contributed by atoms with Crippen molar-refractivity contribution >= 4 is 21.4 Å². The van der Waals surface area contributed by atoms with E-state index < -0.39 is 21.7 Å². The van der Waals surface area contributed by atoms with Gasteiger partial charge < -0.3 is 5.73 Å². The molecule has 2 aromatic carbocycles.